The van der Waals surface area contributed by atoms with Gasteiger partial charge in [0, 0.05) is 38.7 Å². The highest BCUT2D eigenvalue weighted by Gasteiger charge is 2.26. The van der Waals surface area contributed by atoms with Crippen LogP contribution >= 0.6 is 0 Å². The Balaban J connectivity index is 1.87. The van der Waals surface area contributed by atoms with E-state index < -0.39 is 5.82 Å². The second-order valence-electron chi connectivity index (χ2n) is 4.45. The van der Waals surface area contributed by atoms with Gasteiger partial charge in [0.1, 0.15) is 5.82 Å². The van der Waals surface area contributed by atoms with E-state index in [1.807, 2.05) is 0 Å². The number of nitrogens with one attached hydrogen (secondary N) is 1. The van der Waals surface area contributed by atoms with E-state index >= 15 is 0 Å². The molecule has 1 aliphatic rings. The highest BCUT2D eigenvalue weighted by atomic mass is 19.1. The van der Waals surface area contributed by atoms with Crippen LogP contribution in [0.1, 0.15) is 16.8 Å². The molecule has 6 heteroatoms. The Morgan fingerprint density at radius 3 is 3.00 bits per heavy atom. The maximum atomic E-state index is 12.9. The molecule has 2 heterocycles. The number of hydrogen-bond acceptors (Lipinski definition) is 3. The van der Waals surface area contributed by atoms with Gasteiger partial charge in [0.05, 0.1) is 11.8 Å². The molecule has 1 aromatic heterocycles. The summed E-state index contributed by atoms with van der Waals surface area (Å²) >= 11 is 0. The molecule has 0 aliphatic carbocycles. The predicted octanol–water partition coefficient (Wildman–Crippen LogP) is 0.429. The molecule has 18 heavy (non-hydrogen) atoms. The lowest BCUT2D eigenvalue weighted by Gasteiger charge is -2.11. The zero-order valence-corrected chi connectivity index (χ0v) is 10.0. The van der Waals surface area contributed by atoms with Crippen molar-refractivity contribution >= 4 is 11.8 Å². The maximum absolute atomic E-state index is 12.9. The summed E-state index contributed by atoms with van der Waals surface area (Å²) in [5, 5.41) is 2.68. The van der Waals surface area contributed by atoms with Crippen molar-refractivity contribution in [2.45, 2.75) is 6.42 Å². The zero-order chi connectivity index (χ0) is 13.1. The highest BCUT2D eigenvalue weighted by molar-refractivity contribution is 5.93. The SMILES string of the molecule is CN1C[C@@H](CNC(=O)c2cncc(F)c2)CC1=O. The predicted molar refractivity (Wildman–Crippen MR) is 62.3 cm³/mol. The number of carbonyl (C=O) groups excluding carboxylic acids is 2. The maximum Gasteiger partial charge on any atom is 0.252 e. The van der Waals surface area contributed by atoms with Crippen LogP contribution in [0.4, 0.5) is 4.39 Å². The van der Waals surface area contributed by atoms with Gasteiger partial charge >= 0.3 is 0 Å². The van der Waals surface area contributed by atoms with E-state index in [0.29, 0.717) is 19.5 Å². The number of likely N-dealkylation sites (tertiary alicyclic amines) is 1. The van der Waals surface area contributed by atoms with Crippen molar-refractivity contribution < 1.29 is 14.0 Å². The zero-order valence-electron chi connectivity index (χ0n) is 10.0. The standard InChI is InChI=1S/C12H14FN3O2/c1-16-7-8(2-11(16)17)4-15-12(18)9-3-10(13)6-14-5-9/h3,5-6,8H,2,4,7H2,1H3,(H,15,18)/t8-/m1/s1. The lowest BCUT2D eigenvalue weighted by Crippen LogP contribution is -2.30. The number of nitrogens with zero attached hydrogens (tertiary/aromatic N) is 2. The molecule has 0 unspecified atom stereocenters. The number of rotatable bonds is 3. The number of aromatic nitrogens is 1. The first kappa shape index (κ1) is 12.5. The van der Waals surface area contributed by atoms with Crippen LogP contribution in [0.15, 0.2) is 18.5 Å². The van der Waals surface area contributed by atoms with Crippen LogP contribution in [0.3, 0.4) is 0 Å². The van der Waals surface area contributed by atoms with E-state index in [-0.39, 0.29) is 23.3 Å². The lowest BCUT2D eigenvalue weighted by molar-refractivity contribution is -0.126. The largest absolute Gasteiger partial charge is 0.352 e. The molecule has 1 saturated heterocycles. The summed E-state index contributed by atoms with van der Waals surface area (Å²) in [6.07, 6.45) is 2.80. The van der Waals surface area contributed by atoms with E-state index in [2.05, 4.69) is 10.3 Å². The van der Waals surface area contributed by atoms with Gasteiger partial charge < -0.3 is 10.2 Å². The van der Waals surface area contributed by atoms with Crippen molar-refractivity contribution in [3.05, 3.63) is 29.8 Å². The minimum absolute atomic E-state index is 0.0849. The van der Waals surface area contributed by atoms with Gasteiger partial charge in [0.2, 0.25) is 5.91 Å². The fraction of sp³-hybridized carbons (Fsp3) is 0.417. The van der Waals surface area contributed by atoms with Gasteiger partial charge in [-0.3, -0.25) is 14.6 Å². The fourth-order valence-corrected chi connectivity index (χ4v) is 1.97. The Morgan fingerprint density at radius 1 is 1.61 bits per heavy atom. The first-order valence-corrected chi connectivity index (χ1v) is 5.69. The van der Waals surface area contributed by atoms with Crippen LogP contribution in [0.5, 0.6) is 0 Å². The van der Waals surface area contributed by atoms with Crippen molar-refractivity contribution in [3.8, 4) is 0 Å². The normalized spacial score (nSPS) is 19.1. The van der Waals surface area contributed by atoms with Crippen molar-refractivity contribution in [1.29, 1.82) is 0 Å². The molecule has 0 bridgehead atoms. The molecule has 0 saturated carbocycles. The summed E-state index contributed by atoms with van der Waals surface area (Å²) in [6.45, 7) is 1.05. The number of halogens is 1. The molecule has 1 aromatic rings. The Bertz CT molecular complexity index is 478. The quantitative estimate of drug-likeness (QED) is 0.847. The van der Waals surface area contributed by atoms with Gasteiger partial charge in [-0.25, -0.2) is 4.39 Å². The molecule has 96 valence electrons. The monoisotopic (exact) mass is 251 g/mol. The molecule has 2 rings (SSSR count). The highest BCUT2D eigenvalue weighted by Crippen LogP contribution is 2.14. The van der Waals surface area contributed by atoms with Crippen LogP contribution < -0.4 is 5.32 Å². The number of pyridine rings is 1. The summed E-state index contributed by atoms with van der Waals surface area (Å²) in [6, 6.07) is 1.13. The summed E-state index contributed by atoms with van der Waals surface area (Å²) in [7, 11) is 1.74. The van der Waals surface area contributed by atoms with E-state index in [1.54, 1.807) is 11.9 Å². The van der Waals surface area contributed by atoms with E-state index in [0.717, 1.165) is 12.3 Å². The van der Waals surface area contributed by atoms with Crippen LogP contribution in [-0.2, 0) is 4.79 Å². The summed E-state index contributed by atoms with van der Waals surface area (Å²) in [5.41, 5.74) is 0.188. The third-order valence-electron chi connectivity index (χ3n) is 2.94. The third-order valence-corrected chi connectivity index (χ3v) is 2.94. The molecular weight excluding hydrogens is 237 g/mol. The van der Waals surface area contributed by atoms with Crippen molar-refractivity contribution in [2.75, 3.05) is 20.1 Å². The molecular formula is C12H14FN3O2. The van der Waals surface area contributed by atoms with Crippen LogP contribution in [0.25, 0.3) is 0 Å². The molecule has 1 atom stereocenters. The van der Waals surface area contributed by atoms with Crippen molar-refractivity contribution in [1.82, 2.24) is 15.2 Å². The minimum Gasteiger partial charge on any atom is -0.352 e. The number of amides is 2. The second kappa shape index (κ2) is 5.12. The van der Waals surface area contributed by atoms with Gasteiger partial charge in [-0.2, -0.15) is 0 Å². The van der Waals surface area contributed by atoms with Crippen LogP contribution in [0.2, 0.25) is 0 Å². The van der Waals surface area contributed by atoms with Gasteiger partial charge in [-0.15, -0.1) is 0 Å². The van der Waals surface area contributed by atoms with Gasteiger partial charge in [-0.1, -0.05) is 0 Å². The van der Waals surface area contributed by atoms with Crippen molar-refractivity contribution in [3.63, 3.8) is 0 Å². The third kappa shape index (κ3) is 2.82. The first-order valence-electron chi connectivity index (χ1n) is 5.69. The average Bonchev–Trinajstić information content (AvgIpc) is 2.66. The minimum atomic E-state index is -0.543. The van der Waals surface area contributed by atoms with Crippen LogP contribution in [0, 0.1) is 11.7 Å². The molecule has 2 amide bonds. The van der Waals surface area contributed by atoms with Crippen LogP contribution in [-0.4, -0.2) is 41.8 Å². The summed E-state index contributed by atoms with van der Waals surface area (Å²) in [4.78, 5) is 28.2. The Morgan fingerprint density at radius 2 is 2.39 bits per heavy atom. The molecule has 0 aromatic carbocycles. The number of carbonyl (C=O) groups is 2. The molecule has 1 aliphatic heterocycles. The van der Waals surface area contributed by atoms with Gasteiger partial charge in [0.15, 0.2) is 0 Å². The Labute approximate surface area is 104 Å². The Kier molecular flexibility index (Phi) is 3.55. The lowest BCUT2D eigenvalue weighted by atomic mass is 10.1. The van der Waals surface area contributed by atoms with E-state index in [4.69, 9.17) is 0 Å². The average molecular weight is 251 g/mol. The molecule has 1 N–H and O–H groups in total. The number of hydrogen-bond donors (Lipinski definition) is 1. The summed E-state index contributed by atoms with van der Waals surface area (Å²) < 4.78 is 12.9. The van der Waals surface area contributed by atoms with E-state index in [1.165, 1.54) is 6.20 Å². The molecule has 0 spiro atoms. The molecule has 1 fully saturated rings. The second-order valence-corrected chi connectivity index (χ2v) is 4.45. The van der Waals surface area contributed by atoms with E-state index in [9.17, 15) is 14.0 Å². The topological polar surface area (TPSA) is 62.3 Å². The fourth-order valence-electron chi connectivity index (χ4n) is 1.97. The first-order chi connectivity index (χ1) is 8.56. The molecule has 5 nitrogen and oxygen atoms in total. The summed E-state index contributed by atoms with van der Waals surface area (Å²) in [5.74, 6) is -0.711. The molecule has 0 radical (unpaired) electrons. The Hall–Kier alpha value is -1.98. The smallest absolute Gasteiger partial charge is 0.252 e. The van der Waals surface area contributed by atoms with Gasteiger partial charge in [-0.05, 0) is 6.07 Å². The van der Waals surface area contributed by atoms with Gasteiger partial charge in [0.25, 0.3) is 5.91 Å². The van der Waals surface area contributed by atoms with Crippen molar-refractivity contribution in [2.24, 2.45) is 5.92 Å².